The predicted octanol–water partition coefficient (Wildman–Crippen LogP) is 1.31. The molecule has 0 atom stereocenters. The molecule has 5 nitrogen and oxygen atoms in total. The highest BCUT2D eigenvalue weighted by molar-refractivity contribution is 5.98. The number of nitrogens with one attached hydrogen (secondary N) is 1. The van der Waals surface area contributed by atoms with Gasteiger partial charge in [0, 0.05) is 23.2 Å². The van der Waals surface area contributed by atoms with Crippen LogP contribution in [-0.2, 0) is 4.79 Å². The number of hydrogen-bond acceptors (Lipinski definition) is 4. The molecule has 0 spiro atoms. The normalized spacial score (nSPS) is 10.2. The molecule has 16 heavy (non-hydrogen) atoms. The SMILES string of the molecule is Nc1c(NCC(=O)O)ccc2cnccc12. The van der Waals surface area contributed by atoms with Crippen LogP contribution in [0.25, 0.3) is 10.8 Å². The Kier molecular flexibility index (Phi) is 2.59. The van der Waals surface area contributed by atoms with Crippen molar-refractivity contribution in [2.24, 2.45) is 0 Å². The predicted molar refractivity (Wildman–Crippen MR) is 62.3 cm³/mol. The molecule has 0 saturated heterocycles. The van der Waals surface area contributed by atoms with E-state index in [1.54, 1.807) is 24.5 Å². The molecule has 1 aromatic carbocycles. The van der Waals surface area contributed by atoms with Gasteiger partial charge in [-0.2, -0.15) is 0 Å². The van der Waals surface area contributed by atoms with Gasteiger partial charge < -0.3 is 16.2 Å². The zero-order valence-corrected chi connectivity index (χ0v) is 8.47. The Morgan fingerprint density at radius 2 is 2.25 bits per heavy atom. The molecule has 0 saturated carbocycles. The Labute approximate surface area is 91.9 Å². The summed E-state index contributed by atoms with van der Waals surface area (Å²) >= 11 is 0. The average Bonchev–Trinajstić information content (AvgIpc) is 2.28. The molecular weight excluding hydrogens is 206 g/mol. The molecule has 0 amide bonds. The van der Waals surface area contributed by atoms with Crippen molar-refractivity contribution in [3.05, 3.63) is 30.6 Å². The molecule has 1 aromatic heterocycles. The molecule has 0 aliphatic rings. The molecule has 2 rings (SSSR count). The molecule has 1 heterocycles. The lowest BCUT2D eigenvalue weighted by Crippen LogP contribution is -2.13. The lowest BCUT2D eigenvalue weighted by molar-refractivity contribution is -0.134. The van der Waals surface area contributed by atoms with Crippen LogP contribution in [0.2, 0.25) is 0 Å². The van der Waals surface area contributed by atoms with Gasteiger partial charge in [0.2, 0.25) is 0 Å². The third-order valence-electron chi connectivity index (χ3n) is 2.29. The number of carboxylic acids is 1. The number of rotatable bonds is 3. The zero-order chi connectivity index (χ0) is 11.5. The Hall–Kier alpha value is -2.30. The Bertz CT molecular complexity index is 540. The number of nitrogens with zero attached hydrogens (tertiary/aromatic N) is 1. The summed E-state index contributed by atoms with van der Waals surface area (Å²) in [7, 11) is 0. The minimum Gasteiger partial charge on any atom is -0.480 e. The second kappa shape index (κ2) is 4.06. The molecule has 82 valence electrons. The molecule has 0 unspecified atom stereocenters. The van der Waals surface area contributed by atoms with E-state index in [2.05, 4.69) is 10.3 Å². The van der Waals surface area contributed by atoms with Crippen LogP contribution in [0.1, 0.15) is 0 Å². The summed E-state index contributed by atoms with van der Waals surface area (Å²) < 4.78 is 0. The number of carboxylic acid groups (broad SMARTS) is 1. The number of benzene rings is 1. The number of fused-ring (bicyclic) bond motifs is 1. The summed E-state index contributed by atoms with van der Waals surface area (Å²) in [5.74, 6) is -0.922. The molecule has 4 N–H and O–H groups in total. The van der Waals surface area contributed by atoms with E-state index >= 15 is 0 Å². The van der Waals surface area contributed by atoms with Gasteiger partial charge in [-0.05, 0) is 12.1 Å². The maximum atomic E-state index is 10.4. The Morgan fingerprint density at radius 1 is 1.44 bits per heavy atom. The fourth-order valence-corrected chi connectivity index (χ4v) is 1.52. The van der Waals surface area contributed by atoms with Crippen molar-refractivity contribution >= 4 is 28.1 Å². The lowest BCUT2D eigenvalue weighted by atomic mass is 10.1. The molecule has 5 heteroatoms. The number of nitrogens with two attached hydrogens (primary N) is 1. The summed E-state index contributed by atoms with van der Waals surface area (Å²) in [6, 6.07) is 5.40. The maximum Gasteiger partial charge on any atom is 0.322 e. The van der Waals surface area contributed by atoms with Crippen LogP contribution in [0.5, 0.6) is 0 Å². The largest absolute Gasteiger partial charge is 0.480 e. The van der Waals surface area contributed by atoms with Gasteiger partial charge in [-0.1, -0.05) is 6.07 Å². The second-order valence-corrected chi connectivity index (χ2v) is 3.37. The van der Waals surface area contributed by atoms with E-state index in [0.29, 0.717) is 11.4 Å². The van der Waals surface area contributed by atoms with Crippen molar-refractivity contribution in [2.45, 2.75) is 0 Å². The van der Waals surface area contributed by atoms with Crippen LogP contribution in [0.3, 0.4) is 0 Å². The van der Waals surface area contributed by atoms with Gasteiger partial charge in [0.25, 0.3) is 0 Å². The van der Waals surface area contributed by atoms with Crippen molar-refractivity contribution in [2.75, 3.05) is 17.6 Å². The smallest absolute Gasteiger partial charge is 0.322 e. The number of nitrogen functional groups attached to an aromatic ring is 1. The van der Waals surface area contributed by atoms with Crippen LogP contribution in [0.15, 0.2) is 30.6 Å². The van der Waals surface area contributed by atoms with E-state index < -0.39 is 5.97 Å². The van der Waals surface area contributed by atoms with Crippen molar-refractivity contribution in [3.8, 4) is 0 Å². The molecule has 0 fully saturated rings. The minimum absolute atomic E-state index is 0.152. The first-order valence-electron chi connectivity index (χ1n) is 4.76. The topological polar surface area (TPSA) is 88.2 Å². The number of anilines is 2. The van der Waals surface area contributed by atoms with Crippen LogP contribution in [0, 0.1) is 0 Å². The fourth-order valence-electron chi connectivity index (χ4n) is 1.52. The third kappa shape index (κ3) is 1.88. The summed E-state index contributed by atoms with van der Waals surface area (Å²) in [5, 5.41) is 13.1. The van der Waals surface area contributed by atoms with Gasteiger partial charge >= 0.3 is 5.97 Å². The summed E-state index contributed by atoms with van der Waals surface area (Å²) in [6.45, 7) is -0.152. The van der Waals surface area contributed by atoms with Gasteiger partial charge in [0.1, 0.15) is 6.54 Å². The summed E-state index contributed by atoms with van der Waals surface area (Å²) in [4.78, 5) is 14.4. The Morgan fingerprint density at radius 3 is 3.00 bits per heavy atom. The van der Waals surface area contributed by atoms with Gasteiger partial charge in [-0.3, -0.25) is 9.78 Å². The Balaban J connectivity index is 2.40. The molecular formula is C11H11N3O2. The number of aliphatic carboxylic acids is 1. The standard InChI is InChI=1S/C11H11N3O2/c12-11-8-3-4-13-5-7(8)1-2-9(11)14-6-10(15)16/h1-5,14H,6,12H2,(H,15,16). The fraction of sp³-hybridized carbons (Fsp3) is 0.0909. The van der Waals surface area contributed by atoms with Gasteiger partial charge in [-0.15, -0.1) is 0 Å². The number of carbonyl (C=O) groups is 1. The summed E-state index contributed by atoms with van der Waals surface area (Å²) in [5.41, 5.74) is 7.09. The molecule has 0 aliphatic heterocycles. The lowest BCUT2D eigenvalue weighted by Gasteiger charge is -2.09. The van der Waals surface area contributed by atoms with E-state index in [-0.39, 0.29) is 6.54 Å². The van der Waals surface area contributed by atoms with Crippen LogP contribution in [-0.4, -0.2) is 22.6 Å². The van der Waals surface area contributed by atoms with Gasteiger partial charge in [0.05, 0.1) is 11.4 Å². The van der Waals surface area contributed by atoms with Crippen molar-refractivity contribution in [1.29, 1.82) is 0 Å². The van der Waals surface area contributed by atoms with Crippen LogP contribution < -0.4 is 11.1 Å². The first-order valence-corrected chi connectivity index (χ1v) is 4.76. The highest BCUT2D eigenvalue weighted by Crippen LogP contribution is 2.27. The monoisotopic (exact) mass is 217 g/mol. The molecule has 2 aromatic rings. The first-order chi connectivity index (χ1) is 7.68. The average molecular weight is 217 g/mol. The van der Waals surface area contributed by atoms with E-state index in [9.17, 15) is 4.79 Å². The quantitative estimate of drug-likeness (QED) is 0.674. The molecule has 0 bridgehead atoms. The summed E-state index contributed by atoms with van der Waals surface area (Å²) in [6.07, 6.45) is 3.37. The van der Waals surface area contributed by atoms with Crippen molar-refractivity contribution < 1.29 is 9.90 Å². The maximum absolute atomic E-state index is 10.4. The van der Waals surface area contributed by atoms with Crippen molar-refractivity contribution in [3.63, 3.8) is 0 Å². The molecule has 0 aliphatic carbocycles. The van der Waals surface area contributed by atoms with Crippen molar-refractivity contribution in [1.82, 2.24) is 4.98 Å². The number of hydrogen-bond donors (Lipinski definition) is 3. The second-order valence-electron chi connectivity index (χ2n) is 3.37. The van der Waals surface area contributed by atoms with Crippen LogP contribution in [0.4, 0.5) is 11.4 Å². The van der Waals surface area contributed by atoms with E-state index in [1.165, 1.54) is 0 Å². The van der Waals surface area contributed by atoms with E-state index in [0.717, 1.165) is 10.8 Å². The van der Waals surface area contributed by atoms with Gasteiger partial charge in [-0.25, -0.2) is 0 Å². The highest BCUT2D eigenvalue weighted by atomic mass is 16.4. The third-order valence-corrected chi connectivity index (χ3v) is 2.29. The van der Waals surface area contributed by atoms with Gasteiger partial charge in [0.15, 0.2) is 0 Å². The first kappa shape index (κ1) is 10.2. The number of pyridine rings is 1. The highest BCUT2D eigenvalue weighted by Gasteiger charge is 2.05. The van der Waals surface area contributed by atoms with E-state index in [1.807, 2.05) is 6.07 Å². The van der Waals surface area contributed by atoms with Crippen LogP contribution >= 0.6 is 0 Å². The number of aromatic nitrogens is 1. The minimum atomic E-state index is -0.922. The zero-order valence-electron chi connectivity index (χ0n) is 8.47. The van der Waals surface area contributed by atoms with E-state index in [4.69, 9.17) is 10.8 Å². The molecule has 0 radical (unpaired) electrons.